The average molecular weight is 373 g/mol. The summed E-state index contributed by atoms with van der Waals surface area (Å²) < 4.78 is 1.67. The molecule has 0 aliphatic rings. The first kappa shape index (κ1) is 18.8. The molecule has 3 rings (SSSR count). The Morgan fingerprint density at radius 3 is 2.71 bits per heavy atom. The van der Waals surface area contributed by atoms with Gasteiger partial charge in [0, 0.05) is 36.4 Å². The quantitative estimate of drug-likeness (QED) is 0.593. The van der Waals surface area contributed by atoms with Crippen LogP contribution in [0.25, 0.3) is 0 Å². The van der Waals surface area contributed by atoms with Gasteiger partial charge in [-0.15, -0.1) is 0 Å². The summed E-state index contributed by atoms with van der Waals surface area (Å²) in [6.45, 7) is 3.44. The maximum absolute atomic E-state index is 12.7. The summed E-state index contributed by atoms with van der Waals surface area (Å²) in [5, 5.41) is 26.8. The van der Waals surface area contributed by atoms with Crippen molar-refractivity contribution in [1.82, 2.24) is 14.8 Å². The van der Waals surface area contributed by atoms with Gasteiger partial charge in [0.1, 0.15) is 11.8 Å². The summed E-state index contributed by atoms with van der Waals surface area (Å²) >= 11 is 0. The van der Waals surface area contributed by atoms with E-state index in [1.807, 2.05) is 13.2 Å². The Balaban J connectivity index is 1.87. The number of amides is 1. The van der Waals surface area contributed by atoms with Crippen LogP contribution in [-0.2, 0) is 7.05 Å². The number of aryl methyl sites for hydroxylation is 3. The van der Waals surface area contributed by atoms with Gasteiger partial charge in [0.15, 0.2) is 0 Å². The maximum atomic E-state index is 12.7. The van der Waals surface area contributed by atoms with Gasteiger partial charge in [-0.3, -0.25) is 9.48 Å². The number of anilines is 3. The fourth-order valence-corrected chi connectivity index (χ4v) is 2.75. The Labute approximate surface area is 162 Å². The summed E-state index contributed by atoms with van der Waals surface area (Å²) in [7, 11) is 1.81. The Morgan fingerprint density at radius 1 is 1.29 bits per heavy atom. The molecule has 0 aliphatic carbocycles. The number of hydrogen-bond donors (Lipinski definition) is 3. The third kappa shape index (κ3) is 3.88. The Morgan fingerprint density at radius 2 is 2.07 bits per heavy atom. The number of rotatable bonds is 5. The minimum atomic E-state index is -0.361. The predicted octanol–water partition coefficient (Wildman–Crippen LogP) is 3.30. The Bertz CT molecular complexity index is 1110. The monoisotopic (exact) mass is 373 g/mol. The zero-order valence-electron chi connectivity index (χ0n) is 15.7. The average Bonchev–Trinajstić information content (AvgIpc) is 3.08. The second kappa shape index (κ2) is 7.72. The van der Waals surface area contributed by atoms with Crippen LogP contribution >= 0.6 is 0 Å². The Hall–Kier alpha value is -3.99. The molecule has 8 heteroatoms. The molecule has 0 spiro atoms. The number of nitrogens with one attached hydrogen (secondary N) is 3. The summed E-state index contributed by atoms with van der Waals surface area (Å²) in [5.74, 6) is -0.361. The highest BCUT2D eigenvalue weighted by atomic mass is 16.1. The molecule has 1 amide bonds. The van der Waals surface area contributed by atoms with E-state index in [9.17, 15) is 4.79 Å². The standard InChI is InChI=1S/C20H19N7O/c1-12-6-15(9-22)13(2)24-19(12)20(28)26-16-5-4-14(8-21)18(7-16)25-17-10-23-27(3)11-17/h4-8,10-11,21,25H,1-3H3,(H,26,28). The van der Waals surface area contributed by atoms with Gasteiger partial charge in [0.25, 0.3) is 5.91 Å². The molecule has 0 unspecified atom stereocenters. The van der Waals surface area contributed by atoms with Crippen LogP contribution in [0.1, 0.15) is 32.9 Å². The van der Waals surface area contributed by atoms with Crippen molar-refractivity contribution in [3.63, 3.8) is 0 Å². The highest BCUT2D eigenvalue weighted by Crippen LogP contribution is 2.24. The van der Waals surface area contributed by atoms with Gasteiger partial charge in [-0.2, -0.15) is 10.4 Å². The smallest absolute Gasteiger partial charge is 0.274 e. The molecule has 8 nitrogen and oxygen atoms in total. The van der Waals surface area contributed by atoms with Crippen molar-refractivity contribution in [2.45, 2.75) is 13.8 Å². The van der Waals surface area contributed by atoms with Crippen molar-refractivity contribution in [2.24, 2.45) is 7.05 Å². The topological polar surface area (TPSA) is 119 Å². The fourth-order valence-electron chi connectivity index (χ4n) is 2.75. The molecule has 140 valence electrons. The lowest BCUT2D eigenvalue weighted by atomic mass is 10.1. The summed E-state index contributed by atoms with van der Waals surface area (Å²) in [4.78, 5) is 16.9. The number of nitrogens with zero attached hydrogens (tertiary/aromatic N) is 4. The minimum Gasteiger partial charge on any atom is -0.352 e. The molecule has 0 saturated heterocycles. The molecule has 0 fully saturated rings. The van der Waals surface area contributed by atoms with E-state index in [1.54, 1.807) is 49.0 Å². The van der Waals surface area contributed by atoms with Crippen LogP contribution < -0.4 is 10.6 Å². The van der Waals surface area contributed by atoms with Gasteiger partial charge in [-0.25, -0.2) is 4.98 Å². The molecule has 0 atom stereocenters. The third-order valence-corrected chi connectivity index (χ3v) is 4.19. The van der Waals surface area contributed by atoms with E-state index in [4.69, 9.17) is 10.7 Å². The fraction of sp³-hybridized carbons (Fsp3) is 0.150. The highest BCUT2D eigenvalue weighted by molar-refractivity contribution is 6.04. The predicted molar refractivity (Wildman–Crippen MR) is 107 cm³/mol. The largest absolute Gasteiger partial charge is 0.352 e. The summed E-state index contributed by atoms with van der Waals surface area (Å²) in [5.41, 5.74) is 4.54. The van der Waals surface area contributed by atoms with Crippen molar-refractivity contribution in [1.29, 1.82) is 10.7 Å². The number of aromatic nitrogens is 3. The molecular formula is C20H19N7O. The van der Waals surface area contributed by atoms with Crippen LogP contribution in [-0.4, -0.2) is 26.9 Å². The molecule has 2 heterocycles. The molecule has 0 bridgehead atoms. The first-order valence-electron chi connectivity index (χ1n) is 8.51. The van der Waals surface area contributed by atoms with E-state index < -0.39 is 0 Å². The van der Waals surface area contributed by atoms with Crippen LogP contribution in [0.4, 0.5) is 17.1 Å². The Kier molecular flexibility index (Phi) is 5.18. The van der Waals surface area contributed by atoms with Crippen molar-refractivity contribution >= 4 is 29.2 Å². The molecule has 0 saturated carbocycles. The SMILES string of the molecule is Cc1cc(C#N)c(C)nc1C(=O)Nc1ccc(C=N)c(Nc2cnn(C)c2)c1. The van der Waals surface area contributed by atoms with E-state index in [0.29, 0.717) is 33.8 Å². The van der Waals surface area contributed by atoms with Gasteiger partial charge in [-0.1, -0.05) is 0 Å². The van der Waals surface area contributed by atoms with Crippen molar-refractivity contribution < 1.29 is 4.79 Å². The number of nitriles is 1. The van der Waals surface area contributed by atoms with Gasteiger partial charge in [0.05, 0.1) is 23.1 Å². The van der Waals surface area contributed by atoms with Crippen molar-refractivity contribution in [3.8, 4) is 6.07 Å². The van der Waals surface area contributed by atoms with Crippen LogP contribution in [0.3, 0.4) is 0 Å². The molecule has 0 aliphatic heterocycles. The van der Waals surface area contributed by atoms with E-state index in [1.165, 1.54) is 6.21 Å². The van der Waals surface area contributed by atoms with Crippen LogP contribution in [0.5, 0.6) is 0 Å². The molecule has 28 heavy (non-hydrogen) atoms. The summed E-state index contributed by atoms with van der Waals surface area (Å²) in [6, 6.07) is 8.93. The van der Waals surface area contributed by atoms with E-state index >= 15 is 0 Å². The number of hydrogen-bond acceptors (Lipinski definition) is 6. The summed E-state index contributed by atoms with van der Waals surface area (Å²) in [6.07, 6.45) is 4.72. The highest BCUT2D eigenvalue weighted by Gasteiger charge is 2.15. The molecule has 3 aromatic rings. The zero-order chi connectivity index (χ0) is 20.3. The molecule has 1 aromatic carbocycles. The maximum Gasteiger partial charge on any atom is 0.274 e. The normalized spacial score (nSPS) is 10.2. The first-order chi connectivity index (χ1) is 13.4. The lowest BCUT2D eigenvalue weighted by Gasteiger charge is -2.12. The number of carbonyl (C=O) groups excluding carboxylic acids is 1. The van der Waals surface area contributed by atoms with E-state index in [0.717, 1.165) is 5.69 Å². The van der Waals surface area contributed by atoms with Crippen LogP contribution in [0, 0.1) is 30.6 Å². The molecule has 2 aromatic heterocycles. The zero-order valence-corrected chi connectivity index (χ0v) is 15.7. The van der Waals surface area contributed by atoms with Gasteiger partial charge < -0.3 is 16.0 Å². The van der Waals surface area contributed by atoms with Gasteiger partial charge in [-0.05, 0) is 43.7 Å². The molecular weight excluding hydrogens is 354 g/mol. The van der Waals surface area contributed by atoms with Crippen LogP contribution in [0.2, 0.25) is 0 Å². The molecule has 3 N–H and O–H groups in total. The number of pyridine rings is 1. The second-order valence-electron chi connectivity index (χ2n) is 6.33. The third-order valence-electron chi connectivity index (χ3n) is 4.19. The van der Waals surface area contributed by atoms with E-state index in [-0.39, 0.29) is 11.6 Å². The van der Waals surface area contributed by atoms with Gasteiger partial charge in [0.2, 0.25) is 0 Å². The van der Waals surface area contributed by atoms with Crippen molar-refractivity contribution in [3.05, 3.63) is 64.7 Å². The number of carbonyl (C=O) groups is 1. The minimum absolute atomic E-state index is 0.273. The number of benzene rings is 1. The van der Waals surface area contributed by atoms with Crippen LogP contribution in [0.15, 0.2) is 36.7 Å². The van der Waals surface area contributed by atoms with Gasteiger partial charge >= 0.3 is 0 Å². The second-order valence-corrected chi connectivity index (χ2v) is 6.33. The molecule has 0 radical (unpaired) electrons. The lowest BCUT2D eigenvalue weighted by Crippen LogP contribution is -2.16. The van der Waals surface area contributed by atoms with E-state index in [2.05, 4.69) is 26.8 Å². The first-order valence-corrected chi connectivity index (χ1v) is 8.51. The van der Waals surface area contributed by atoms with Crippen molar-refractivity contribution in [2.75, 3.05) is 10.6 Å². The lowest BCUT2D eigenvalue weighted by molar-refractivity contribution is 0.102.